The number of rotatable bonds is 4. The van der Waals surface area contributed by atoms with Crippen molar-refractivity contribution in [2.75, 3.05) is 12.4 Å². The quantitative estimate of drug-likeness (QED) is 0.746. The van der Waals surface area contributed by atoms with E-state index in [1.54, 1.807) is 20.1 Å². The fourth-order valence-corrected chi connectivity index (χ4v) is 2.87. The smallest absolute Gasteiger partial charge is 0.230 e. The van der Waals surface area contributed by atoms with Gasteiger partial charge in [-0.3, -0.25) is 4.79 Å². The summed E-state index contributed by atoms with van der Waals surface area (Å²) in [6, 6.07) is 11.5. The van der Waals surface area contributed by atoms with Crippen molar-refractivity contribution in [3.63, 3.8) is 0 Å². The van der Waals surface area contributed by atoms with Gasteiger partial charge in [0.25, 0.3) is 0 Å². The zero-order valence-corrected chi connectivity index (χ0v) is 14.3. The Morgan fingerprint density at radius 2 is 2.13 bits per heavy atom. The summed E-state index contributed by atoms with van der Waals surface area (Å²) in [4.78, 5) is 12.3. The van der Waals surface area contributed by atoms with Crippen LogP contribution in [0, 0.1) is 6.92 Å². The van der Waals surface area contributed by atoms with Crippen molar-refractivity contribution in [2.24, 2.45) is 0 Å². The molecule has 0 spiro atoms. The Balaban J connectivity index is 1.92. The molecule has 0 aliphatic carbocycles. The van der Waals surface area contributed by atoms with Crippen molar-refractivity contribution in [1.29, 1.82) is 0 Å². The Hall–Kier alpha value is -2.34. The Labute approximate surface area is 141 Å². The molecule has 3 aromatic rings. The number of anilines is 1. The average molecular weight is 375 g/mol. The van der Waals surface area contributed by atoms with Gasteiger partial charge in [0.15, 0.2) is 5.82 Å². The van der Waals surface area contributed by atoms with Crippen LogP contribution in [0.5, 0.6) is 5.75 Å². The number of halogens is 1. The second kappa shape index (κ2) is 6.42. The summed E-state index contributed by atoms with van der Waals surface area (Å²) >= 11 is 3.46. The highest BCUT2D eigenvalue weighted by Crippen LogP contribution is 2.30. The average Bonchev–Trinajstić information content (AvgIpc) is 2.92. The number of aryl methyl sites for hydroxylation is 1. The first-order chi connectivity index (χ1) is 11.1. The number of aromatic nitrogens is 1. The third-order valence-corrected chi connectivity index (χ3v) is 4.00. The highest BCUT2D eigenvalue weighted by molar-refractivity contribution is 9.10. The molecule has 0 radical (unpaired) electrons. The van der Waals surface area contributed by atoms with Gasteiger partial charge in [-0.15, -0.1) is 0 Å². The van der Waals surface area contributed by atoms with Gasteiger partial charge in [-0.05, 0) is 35.9 Å². The Kier molecular flexibility index (Phi) is 4.34. The number of amides is 1. The van der Waals surface area contributed by atoms with Gasteiger partial charge in [0.1, 0.15) is 11.5 Å². The van der Waals surface area contributed by atoms with E-state index in [4.69, 9.17) is 9.26 Å². The van der Waals surface area contributed by atoms with Crippen molar-refractivity contribution in [1.82, 2.24) is 5.16 Å². The number of carbonyl (C=O) groups is 1. The van der Waals surface area contributed by atoms with Crippen molar-refractivity contribution >= 4 is 38.4 Å². The molecule has 0 aliphatic rings. The molecule has 5 nitrogen and oxygen atoms in total. The minimum absolute atomic E-state index is 0.174. The molecule has 1 N–H and O–H groups in total. The van der Waals surface area contributed by atoms with Gasteiger partial charge in [-0.1, -0.05) is 33.2 Å². The summed E-state index contributed by atoms with van der Waals surface area (Å²) in [6.45, 7) is 1.77. The highest BCUT2D eigenvalue weighted by Gasteiger charge is 2.14. The molecule has 1 heterocycles. The lowest BCUT2D eigenvalue weighted by molar-refractivity contribution is -0.115. The van der Waals surface area contributed by atoms with Gasteiger partial charge < -0.3 is 14.6 Å². The third-order valence-electron chi connectivity index (χ3n) is 3.50. The minimum atomic E-state index is -0.174. The van der Waals surface area contributed by atoms with Gasteiger partial charge >= 0.3 is 0 Å². The van der Waals surface area contributed by atoms with Gasteiger partial charge in [0.05, 0.1) is 13.5 Å². The fourth-order valence-electron chi connectivity index (χ4n) is 2.49. The number of hydrogen-bond donors (Lipinski definition) is 1. The van der Waals surface area contributed by atoms with Gasteiger partial charge in [0, 0.05) is 16.1 Å². The summed E-state index contributed by atoms with van der Waals surface area (Å²) < 4.78 is 11.4. The van der Waals surface area contributed by atoms with Crippen LogP contribution in [0.1, 0.15) is 11.3 Å². The molecule has 23 heavy (non-hydrogen) atoms. The largest absolute Gasteiger partial charge is 0.496 e. The molecule has 1 aromatic heterocycles. The summed E-state index contributed by atoms with van der Waals surface area (Å²) in [7, 11) is 1.60. The van der Waals surface area contributed by atoms with E-state index in [1.807, 2.05) is 30.3 Å². The van der Waals surface area contributed by atoms with Crippen LogP contribution >= 0.6 is 15.9 Å². The molecule has 0 aliphatic heterocycles. The zero-order chi connectivity index (χ0) is 16.4. The zero-order valence-electron chi connectivity index (χ0n) is 12.7. The van der Waals surface area contributed by atoms with Crippen LogP contribution in [0.4, 0.5) is 5.82 Å². The standard InChI is InChI=1S/C17H15BrN2O3/c1-10-7-16(20-23-10)19-17(21)9-14-13-5-4-12(18)8-11(13)3-6-15(14)22-2/h3-8H,9H2,1-2H3,(H,19,20,21). The van der Waals surface area contributed by atoms with E-state index < -0.39 is 0 Å². The van der Waals surface area contributed by atoms with Crippen LogP contribution in [0.15, 0.2) is 45.4 Å². The number of carbonyl (C=O) groups excluding carboxylic acids is 1. The molecule has 6 heteroatoms. The predicted octanol–water partition coefficient (Wildman–Crippen LogP) is 4.09. The highest BCUT2D eigenvalue weighted by atomic mass is 79.9. The number of ether oxygens (including phenoxy) is 1. The maximum Gasteiger partial charge on any atom is 0.230 e. The summed E-state index contributed by atoms with van der Waals surface area (Å²) in [5, 5.41) is 8.53. The van der Waals surface area contributed by atoms with Crippen molar-refractivity contribution < 1.29 is 14.1 Å². The molecule has 118 valence electrons. The second-order valence-electron chi connectivity index (χ2n) is 5.16. The molecule has 0 unspecified atom stereocenters. The number of nitrogens with zero attached hydrogens (tertiary/aromatic N) is 1. The van der Waals surface area contributed by atoms with Crippen molar-refractivity contribution in [2.45, 2.75) is 13.3 Å². The number of fused-ring (bicyclic) bond motifs is 1. The van der Waals surface area contributed by atoms with E-state index in [9.17, 15) is 4.79 Å². The van der Waals surface area contributed by atoms with Crippen molar-refractivity contribution in [3.8, 4) is 5.75 Å². The maximum atomic E-state index is 12.3. The number of benzene rings is 2. The van der Waals surface area contributed by atoms with Gasteiger partial charge in [0.2, 0.25) is 5.91 Å². The lowest BCUT2D eigenvalue weighted by Crippen LogP contribution is -2.15. The van der Waals surface area contributed by atoms with Crippen LogP contribution < -0.4 is 10.1 Å². The lowest BCUT2D eigenvalue weighted by Gasteiger charge is -2.12. The van der Waals surface area contributed by atoms with E-state index in [-0.39, 0.29) is 12.3 Å². The molecule has 2 aromatic carbocycles. The normalized spacial score (nSPS) is 10.7. The second-order valence-corrected chi connectivity index (χ2v) is 6.08. The molecule has 0 atom stereocenters. The summed E-state index contributed by atoms with van der Waals surface area (Å²) in [5.41, 5.74) is 0.843. The van der Waals surface area contributed by atoms with Crippen LogP contribution in [0.25, 0.3) is 10.8 Å². The Morgan fingerprint density at radius 1 is 1.30 bits per heavy atom. The monoisotopic (exact) mass is 374 g/mol. The van der Waals surface area contributed by atoms with Crippen LogP contribution in [0.3, 0.4) is 0 Å². The maximum absolute atomic E-state index is 12.3. The predicted molar refractivity (Wildman–Crippen MR) is 91.8 cm³/mol. The number of methoxy groups -OCH3 is 1. The first kappa shape index (κ1) is 15.6. The van der Waals surface area contributed by atoms with E-state index in [2.05, 4.69) is 26.4 Å². The van der Waals surface area contributed by atoms with Crippen LogP contribution in [0.2, 0.25) is 0 Å². The summed E-state index contributed by atoms with van der Waals surface area (Å²) in [5.74, 6) is 1.57. The molecular weight excluding hydrogens is 360 g/mol. The molecule has 0 saturated carbocycles. The van der Waals surface area contributed by atoms with E-state index in [0.717, 1.165) is 20.8 Å². The SMILES string of the molecule is COc1ccc2cc(Br)ccc2c1CC(=O)Nc1cc(C)on1. The van der Waals surface area contributed by atoms with Crippen LogP contribution in [-0.2, 0) is 11.2 Å². The molecule has 0 saturated heterocycles. The van der Waals surface area contributed by atoms with Gasteiger partial charge in [-0.2, -0.15) is 0 Å². The number of hydrogen-bond acceptors (Lipinski definition) is 4. The summed E-state index contributed by atoms with van der Waals surface area (Å²) in [6.07, 6.45) is 0.189. The third kappa shape index (κ3) is 3.37. The topological polar surface area (TPSA) is 64.4 Å². The van der Waals surface area contributed by atoms with Crippen molar-refractivity contribution in [3.05, 3.63) is 52.2 Å². The molecule has 0 bridgehead atoms. The van der Waals surface area contributed by atoms with E-state index in [0.29, 0.717) is 17.3 Å². The van der Waals surface area contributed by atoms with E-state index >= 15 is 0 Å². The first-order valence-electron chi connectivity index (χ1n) is 7.05. The number of nitrogens with one attached hydrogen (secondary N) is 1. The minimum Gasteiger partial charge on any atom is -0.496 e. The van der Waals surface area contributed by atoms with E-state index in [1.165, 1.54) is 0 Å². The molecular formula is C17H15BrN2O3. The molecule has 1 amide bonds. The lowest BCUT2D eigenvalue weighted by atomic mass is 10.0. The molecule has 0 fully saturated rings. The van der Waals surface area contributed by atoms with Crippen LogP contribution in [-0.4, -0.2) is 18.2 Å². The Morgan fingerprint density at radius 3 is 2.83 bits per heavy atom. The fraction of sp³-hybridized carbons (Fsp3) is 0.176. The molecule has 3 rings (SSSR count). The first-order valence-corrected chi connectivity index (χ1v) is 7.84. The Bertz CT molecular complexity index is 873. The van der Waals surface area contributed by atoms with Gasteiger partial charge in [-0.25, -0.2) is 0 Å².